The molecule has 0 bridgehead atoms. The van der Waals surface area contributed by atoms with Crippen LogP contribution in [-0.4, -0.2) is 37.2 Å². The van der Waals surface area contributed by atoms with Crippen LogP contribution in [0.25, 0.3) is 0 Å². The largest absolute Gasteiger partial charge is 0.462 e. The van der Waals surface area contributed by atoms with Gasteiger partial charge in [0.05, 0.1) is 0 Å². The molecule has 0 radical (unpaired) electrons. The molecule has 0 aromatic heterocycles. The molecule has 1 unspecified atom stereocenters. The molecule has 0 heterocycles. The van der Waals surface area contributed by atoms with E-state index in [4.69, 9.17) is 14.2 Å². The minimum atomic E-state index is -0.784. The highest BCUT2D eigenvalue weighted by Gasteiger charge is 2.19. The van der Waals surface area contributed by atoms with Crippen molar-refractivity contribution in [3.05, 3.63) is 60.8 Å². The Bertz CT molecular complexity index is 1340. The van der Waals surface area contributed by atoms with E-state index in [0.717, 1.165) is 89.9 Å². The topological polar surface area (TPSA) is 78.9 Å². The van der Waals surface area contributed by atoms with Crippen LogP contribution in [0.5, 0.6) is 0 Å². The Hall–Kier alpha value is -2.89. The number of hydrogen-bond donors (Lipinski definition) is 0. The Balaban J connectivity index is 4.22. The van der Waals surface area contributed by atoms with Crippen molar-refractivity contribution in [1.82, 2.24) is 0 Å². The number of ether oxygens (including phenoxy) is 3. The van der Waals surface area contributed by atoms with E-state index in [1.807, 2.05) is 0 Å². The van der Waals surface area contributed by atoms with Crippen molar-refractivity contribution < 1.29 is 28.6 Å². The molecule has 0 aliphatic rings. The van der Waals surface area contributed by atoms with Crippen LogP contribution in [0.2, 0.25) is 0 Å². The molecule has 6 heteroatoms. The van der Waals surface area contributed by atoms with Gasteiger partial charge in [0, 0.05) is 19.3 Å². The number of carbonyl (C=O) groups is 3. The number of hydrogen-bond acceptors (Lipinski definition) is 6. The third-order valence-corrected chi connectivity index (χ3v) is 14.5. The Morgan fingerprint density at radius 3 is 0.827 bits per heavy atom. The maximum atomic E-state index is 12.9. The van der Waals surface area contributed by atoms with E-state index in [2.05, 4.69) is 81.5 Å². The van der Waals surface area contributed by atoms with Gasteiger partial charge in [-0.2, -0.15) is 0 Å². The van der Waals surface area contributed by atoms with Gasteiger partial charge in [-0.25, -0.2) is 0 Å². The first kappa shape index (κ1) is 72.1. The highest BCUT2D eigenvalue weighted by Crippen LogP contribution is 2.17. The first-order chi connectivity index (χ1) is 37.0. The normalized spacial score (nSPS) is 12.4. The van der Waals surface area contributed by atoms with Gasteiger partial charge in [-0.05, 0) is 103 Å². The first-order valence-corrected chi connectivity index (χ1v) is 32.8. The van der Waals surface area contributed by atoms with Crippen molar-refractivity contribution >= 4 is 17.9 Å². The summed E-state index contributed by atoms with van der Waals surface area (Å²) in [7, 11) is 0. The minimum absolute atomic E-state index is 0.0800. The van der Waals surface area contributed by atoms with Gasteiger partial charge >= 0.3 is 17.9 Å². The quantitative estimate of drug-likeness (QED) is 0.0261. The second-order valence-corrected chi connectivity index (χ2v) is 22.0. The standard InChI is InChI=1S/C69H124O6/c1-4-7-10-13-16-19-22-24-26-28-30-31-32-33-34-35-36-37-39-40-42-44-47-50-53-56-59-62-68(71)74-65-66(64-73-67(70)61-58-55-52-49-46-21-18-15-12-9-6-3)75-69(72)63-60-57-54-51-48-45-43-41-38-29-27-25-23-20-17-14-11-8-5-2/h15,17-18,20,25,27-28,30,38,41,66H,4-14,16,19,21-24,26,29,31-37,39-40,42-65H2,1-3H3/b18-15-,20-17-,27-25-,30-28-,41-38-. The number of rotatable bonds is 60. The second-order valence-electron chi connectivity index (χ2n) is 22.0. The number of esters is 3. The van der Waals surface area contributed by atoms with Gasteiger partial charge in [0.2, 0.25) is 0 Å². The molecule has 0 spiro atoms. The highest BCUT2D eigenvalue weighted by molar-refractivity contribution is 5.71. The molecular weight excluding hydrogens is 925 g/mol. The molecular formula is C69H124O6. The van der Waals surface area contributed by atoms with Crippen LogP contribution >= 0.6 is 0 Å². The number of allylic oxidation sites excluding steroid dienone is 10. The minimum Gasteiger partial charge on any atom is -0.462 e. The fraction of sp³-hybridized carbons (Fsp3) is 0.812. The average Bonchev–Trinajstić information content (AvgIpc) is 3.41. The van der Waals surface area contributed by atoms with E-state index in [-0.39, 0.29) is 31.1 Å². The van der Waals surface area contributed by atoms with Crippen molar-refractivity contribution in [2.75, 3.05) is 13.2 Å². The molecule has 75 heavy (non-hydrogen) atoms. The fourth-order valence-corrected chi connectivity index (χ4v) is 9.49. The summed E-state index contributed by atoms with van der Waals surface area (Å²) >= 11 is 0. The van der Waals surface area contributed by atoms with Gasteiger partial charge in [0.25, 0.3) is 0 Å². The maximum absolute atomic E-state index is 12.9. The van der Waals surface area contributed by atoms with Crippen molar-refractivity contribution in [3.8, 4) is 0 Å². The van der Waals surface area contributed by atoms with Crippen LogP contribution in [0, 0.1) is 0 Å². The molecule has 6 nitrogen and oxygen atoms in total. The number of carbonyl (C=O) groups excluding carboxylic acids is 3. The van der Waals surface area contributed by atoms with Crippen molar-refractivity contribution in [1.29, 1.82) is 0 Å². The molecule has 0 aliphatic heterocycles. The molecule has 0 aliphatic carbocycles. The summed E-state index contributed by atoms with van der Waals surface area (Å²) in [6, 6.07) is 0. The third kappa shape index (κ3) is 61.8. The lowest BCUT2D eigenvalue weighted by Crippen LogP contribution is -2.30. The summed E-state index contributed by atoms with van der Waals surface area (Å²) in [6.07, 6.45) is 81.0. The SMILES string of the molecule is CCCC/C=C\CCCCCCCC(=O)OCC(COC(=O)CCCCCCCCCCCCCCCCC/C=C\CCCCCCCCCC)OC(=O)CCCCCCCC/C=C\C/C=C\C/C=C\CCCCC. The lowest BCUT2D eigenvalue weighted by molar-refractivity contribution is -0.167. The Morgan fingerprint density at radius 1 is 0.267 bits per heavy atom. The zero-order valence-corrected chi connectivity index (χ0v) is 50.1. The van der Waals surface area contributed by atoms with Gasteiger partial charge in [-0.1, -0.05) is 281 Å². The monoisotopic (exact) mass is 1050 g/mol. The molecule has 0 fully saturated rings. The first-order valence-electron chi connectivity index (χ1n) is 32.8. The molecule has 1 atom stereocenters. The zero-order chi connectivity index (χ0) is 54.3. The van der Waals surface area contributed by atoms with E-state index in [1.54, 1.807) is 0 Å². The fourth-order valence-electron chi connectivity index (χ4n) is 9.49. The average molecular weight is 1050 g/mol. The predicted octanol–water partition coefficient (Wildman–Crippen LogP) is 22.3. The Labute approximate surface area is 466 Å². The van der Waals surface area contributed by atoms with Crippen molar-refractivity contribution in [2.24, 2.45) is 0 Å². The summed E-state index contributed by atoms with van der Waals surface area (Å²) in [4.78, 5) is 38.2. The van der Waals surface area contributed by atoms with Gasteiger partial charge in [0.15, 0.2) is 6.10 Å². The number of unbranched alkanes of at least 4 members (excludes halogenated alkanes) is 39. The van der Waals surface area contributed by atoms with E-state index in [9.17, 15) is 14.4 Å². The van der Waals surface area contributed by atoms with E-state index in [0.29, 0.717) is 19.3 Å². The van der Waals surface area contributed by atoms with E-state index in [1.165, 1.54) is 212 Å². The zero-order valence-electron chi connectivity index (χ0n) is 50.1. The summed E-state index contributed by atoms with van der Waals surface area (Å²) in [6.45, 7) is 6.60. The summed E-state index contributed by atoms with van der Waals surface area (Å²) < 4.78 is 16.9. The van der Waals surface area contributed by atoms with Crippen molar-refractivity contribution in [3.63, 3.8) is 0 Å². The lowest BCUT2D eigenvalue weighted by Gasteiger charge is -2.18. The highest BCUT2D eigenvalue weighted by atomic mass is 16.6. The van der Waals surface area contributed by atoms with Gasteiger partial charge in [0.1, 0.15) is 13.2 Å². The molecule has 0 aromatic rings. The Kier molecular flexibility index (Phi) is 61.2. The van der Waals surface area contributed by atoms with Gasteiger partial charge in [-0.15, -0.1) is 0 Å². The summed E-state index contributed by atoms with van der Waals surface area (Å²) in [5.74, 6) is -0.887. The lowest BCUT2D eigenvalue weighted by atomic mass is 10.0. The molecule has 0 N–H and O–H groups in total. The smallest absolute Gasteiger partial charge is 0.306 e. The van der Waals surface area contributed by atoms with Crippen LogP contribution in [0.15, 0.2) is 60.8 Å². The molecule has 0 amide bonds. The van der Waals surface area contributed by atoms with Crippen LogP contribution < -0.4 is 0 Å². The molecule has 0 aromatic carbocycles. The summed E-state index contributed by atoms with van der Waals surface area (Å²) in [5, 5.41) is 0. The second kappa shape index (κ2) is 63.6. The predicted molar refractivity (Wildman–Crippen MR) is 325 cm³/mol. The van der Waals surface area contributed by atoms with Gasteiger partial charge < -0.3 is 14.2 Å². The molecule has 0 saturated carbocycles. The van der Waals surface area contributed by atoms with Gasteiger partial charge in [-0.3, -0.25) is 14.4 Å². The molecule has 0 rings (SSSR count). The third-order valence-electron chi connectivity index (χ3n) is 14.5. The van der Waals surface area contributed by atoms with Crippen LogP contribution in [-0.2, 0) is 28.6 Å². The van der Waals surface area contributed by atoms with Crippen LogP contribution in [0.4, 0.5) is 0 Å². The van der Waals surface area contributed by atoms with E-state index >= 15 is 0 Å². The molecule has 0 saturated heterocycles. The van der Waals surface area contributed by atoms with Crippen LogP contribution in [0.1, 0.15) is 342 Å². The molecule has 436 valence electrons. The van der Waals surface area contributed by atoms with Crippen molar-refractivity contribution in [2.45, 2.75) is 348 Å². The van der Waals surface area contributed by atoms with E-state index < -0.39 is 6.10 Å². The summed E-state index contributed by atoms with van der Waals surface area (Å²) in [5.41, 5.74) is 0. The maximum Gasteiger partial charge on any atom is 0.306 e. The van der Waals surface area contributed by atoms with Crippen LogP contribution in [0.3, 0.4) is 0 Å². The Morgan fingerprint density at radius 2 is 0.493 bits per heavy atom.